The predicted molar refractivity (Wildman–Crippen MR) is 82.6 cm³/mol. The number of nitrogens with two attached hydrogens (primary N) is 2. The minimum absolute atomic E-state index is 0.0373. The van der Waals surface area contributed by atoms with Gasteiger partial charge < -0.3 is 11.5 Å². The van der Waals surface area contributed by atoms with Crippen molar-refractivity contribution < 1.29 is 9.72 Å². The number of nitro benzene ring substituents is 1. The number of nitrogens with zero attached hydrogens (tertiary/aromatic N) is 2. The normalized spacial score (nSPS) is 16.3. The fraction of sp³-hybridized carbons (Fsp3) is 0.143. The van der Waals surface area contributed by atoms with Gasteiger partial charge in [-0.3, -0.25) is 14.9 Å². The zero-order valence-electron chi connectivity index (χ0n) is 11.4. The monoisotopic (exact) mass is 316 g/mol. The van der Waals surface area contributed by atoms with Gasteiger partial charge in [-0.05, 0) is 12.0 Å². The molecule has 1 aliphatic heterocycles. The van der Waals surface area contributed by atoms with Crippen molar-refractivity contribution in [3.05, 3.63) is 57.3 Å². The molecule has 1 amide bonds. The maximum Gasteiger partial charge on any atom is 0.269 e. The number of hydrogen-bond donors (Lipinski definition) is 2. The number of pyridine rings is 1. The number of fused-ring (bicyclic) bond motifs is 1. The lowest BCUT2D eigenvalue weighted by atomic mass is 10.0. The third kappa shape index (κ3) is 2.37. The average Bonchev–Trinajstić information content (AvgIpc) is 2.93. The van der Waals surface area contributed by atoms with Crippen LogP contribution in [0.25, 0.3) is 0 Å². The fourth-order valence-corrected chi connectivity index (χ4v) is 3.88. The van der Waals surface area contributed by atoms with Crippen LogP contribution in [0.4, 0.5) is 11.5 Å². The van der Waals surface area contributed by atoms with Crippen LogP contribution in [-0.2, 0) is 6.42 Å². The summed E-state index contributed by atoms with van der Waals surface area (Å²) in [5.74, 6) is -0.198. The van der Waals surface area contributed by atoms with Gasteiger partial charge in [0.2, 0.25) is 0 Å². The first-order valence-corrected chi connectivity index (χ1v) is 7.33. The first-order chi connectivity index (χ1) is 10.5. The van der Waals surface area contributed by atoms with Crippen LogP contribution < -0.4 is 11.5 Å². The molecule has 1 aromatic heterocycles. The number of aromatic nitrogens is 1. The Bertz CT molecular complexity index is 794. The van der Waals surface area contributed by atoms with Crippen LogP contribution in [0.2, 0.25) is 0 Å². The highest BCUT2D eigenvalue weighted by Crippen LogP contribution is 2.49. The van der Waals surface area contributed by atoms with E-state index in [1.165, 1.54) is 30.1 Å². The molecule has 0 saturated carbocycles. The number of anilines is 1. The van der Waals surface area contributed by atoms with Gasteiger partial charge in [0.15, 0.2) is 0 Å². The van der Waals surface area contributed by atoms with E-state index >= 15 is 0 Å². The van der Waals surface area contributed by atoms with E-state index in [1.54, 1.807) is 6.07 Å². The maximum atomic E-state index is 11.5. The molecule has 22 heavy (non-hydrogen) atoms. The summed E-state index contributed by atoms with van der Waals surface area (Å²) in [6.07, 6.45) is 1.93. The molecule has 0 spiro atoms. The summed E-state index contributed by atoms with van der Waals surface area (Å²) >= 11 is 1.44. The molecule has 2 heterocycles. The van der Waals surface area contributed by atoms with Crippen molar-refractivity contribution in [1.29, 1.82) is 0 Å². The molecule has 1 aliphatic rings. The van der Waals surface area contributed by atoms with Crippen LogP contribution in [0.3, 0.4) is 0 Å². The Hall–Kier alpha value is -2.61. The van der Waals surface area contributed by atoms with Crippen molar-refractivity contribution in [2.24, 2.45) is 5.73 Å². The van der Waals surface area contributed by atoms with E-state index in [0.717, 1.165) is 16.0 Å². The Balaban J connectivity index is 1.99. The second kappa shape index (κ2) is 5.30. The summed E-state index contributed by atoms with van der Waals surface area (Å²) < 4.78 is 0. The SMILES string of the molecule is NC(=O)c1cnc(N)c2c1SC(c1cccc([N+](=O)[O-])c1)C2. The van der Waals surface area contributed by atoms with E-state index in [1.807, 2.05) is 6.07 Å². The topological polar surface area (TPSA) is 125 Å². The number of carbonyl (C=O) groups is 1. The summed E-state index contributed by atoms with van der Waals surface area (Å²) in [7, 11) is 0. The fourth-order valence-electron chi connectivity index (χ4n) is 2.45. The summed E-state index contributed by atoms with van der Waals surface area (Å²) in [6.45, 7) is 0. The molecular weight excluding hydrogens is 304 g/mol. The van der Waals surface area contributed by atoms with Crippen molar-refractivity contribution in [2.45, 2.75) is 16.6 Å². The van der Waals surface area contributed by atoms with Crippen LogP contribution >= 0.6 is 11.8 Å². The molecular formula is C14H12N4O3S. The number of primary amides is 1. The van der Waals surface area contributed by atoms with Gasteiger partial charge >= 0.3 is 0 Å². The Morgan fingerprint density at radius 1 is 1.45 bits per heavy atom. The van der Waals surface area contributed by atoms with Crippen molar-refractivity contribution in [3.8, 4) is 0 Å². The number of nitrogen functional groups attached to an aromatic ring is 1. The van der Waals surface area contributed by atoms with Crippen LogP contribution in [0.1, 0.15) is 26.7 Å². The van der Waals surface area contributed by atoms with Gasteiger partial charge in [-0.15, -0.1) is 11.8 Å². The molecule has 4 N–H and O–H groups in total. The van der Waals surface area contributed by atoms with Gasteiger partial charge in [-0.1, -0.05) is 12.1 Å². The second-order valence-electron chi connectivity index (χ2n) is 4.89. The van der Waals surface area contributed by atoms with Crippen LogP contribution in [0.5, 0.6) is 0 Å². The number of non-ortho nitro benzene ring substituents is 1. The maximum absolute atomic E-state index is 11.5. The number of rotatable bonds is 3. The number of benzene rings is 1. The minimum atomic E-state index is -0.559. The minimum Gasteiger partial charge on any atom is -0.383 e. The van der Waals surface area contributed by atoms with Crippen LogP contribution in [-0.4, -0.2) is 15.8 Å². The summed E-state index contributed by atoms with van der Waals surface area (Å²) in [6, 6.07) is 6.45. The Morgan fingerprint density at radius 3 is 2.91 bits per heavy atom. The van der Waals surface area contributed by atoms with E-state index in [4.69, 9.17) is 11.5 Å². The van der Waals surface area contributed by atoms with Crippen molar-refractivity contribution in [3.63, 3.8) is 0 Å². The Morgan fingerprint density at radius 2 is 2.23 bits per heavy atom. The van der Waals surface area contributed by atoms with Crippen LogP contribution in [0, 0.1) is 10.1 Å². The lowest BCUT2D eigenvalue weighted by Gasteiger charge is -2.08. The molecule has 8 heteroatoms. The quantitative estimate of drug-likeness (QED) is 0.659. The van der Waals surface area contributed by atoms with Crippen molar-refractivity contribution in [2.75, 3.05) is 5.73 Å². The highest BCUT2D eigenvalue weighted by Gasteiger charge is 2.30. The smallest absolute Gasteiger partial charge is 0.269 e. The standard InChI is InChI=1S/C14H12N4O3S/c15-13-9-5-11(7-2-1-3-8(4-7)18(20)21)22-12(9)10(6-17-13)14(16)19/h1-4,6,11H,5H2,(H2,15,17)(H2,16,19). The van der Waals surface area contributed by atoms with E-state index in [-0.39, 0.29) is 10.9 Å². The first-order valence-electron chi connectivity index (χ1n) is 6.45. The molecule has 2 aromatic rings. The summed E-state index contributed by atoms with van der Waals surface area (Å²) in [5, 5.41) is 10.8. The summed E-state index contributed by atoms with van der Waals surface area (Å²) in [4.78, 5) is 26.7. The van der Waals surface area contributed by atoms with Gasteiger partial charge in [0, 0.05) is 34.0 Å². The molecule has 1 unspecified atom stereocenters. The van der Waals surface area contributed by atoms with Crippen LogP contribution in [0.15, 0.2) is 35.4 Å². The average molecular weight is 316 g/mol. The van der Waals surface area contributed by atoms with Gasteiger partial charge in [0.05, 0.1) is 10.5 Å². The zero-order valence-corrected chi connectivity index (χ0v) is 12.2. The molecule has 0 aliphatic carbocycles. The molecule has 3 rings (SSSR count). The van der Waals surface area contributed by atoms with E-state index in [2.05, 4.69) is 4.98 Å². The molecule has 1 aromatic carbocycles. The Labute approximate surface area is 129 Å². The molecule has 7 nitrogen and oxygen atoms in total. The highest BCUT2D eigenvalue weighted by molar-refractivity contribution is 8.00. The second-order valence-corrected chi connectivity index (χ2v) is 6.10. The molecule has 0 bridgehead atoms. The number of amides is 1. The zero-order chi connectivity index (χ0) is 15.9. The Kier molecular flexibility index (Phi) is 3.45. The van der Waals surface area contributed by atoms with Crippen molar-refractivity contribution in [1.82, 2.24) is 4.98 Å². The number of thioether (sulfide) groups is 1. The third-order valence-electron chi connectivity index (χ3n) is 3.53. The van der Waals surface area contributed by atoms with Gasteiger partial charge in [0.25, 0.3) is 11.6 Å². The first kappa shape index (κ1) is 14.3. The third-order valence-corrected chi connectivity index (χ3v) is 4.95. The number of nitro groups is 1. The highest BCUT2D eigenvalue weighted by atomic mass is 32.2. The molecule has 0 radical (unpaired) electrons. The number of hydrogen-bond acceptors (Lipinski definition) is 6. The van der Waals surface area contributed by atoms with Gasteiger partial charge in [-0.2, -0.15) is 0 Å². The van der Waals surface area contributed by atoms with E-state index < -0.39 is 10.8 Å². The molecule has 0 saturated heterocycles. The lowest BCUT2D eigenvalue weighted by molar-refractivity contribution is -0.384. The van der Waals surface area contributed by atoms with Gasteiger partial charge in [0.1, 0.15) is 5.82 Å². The van der Waals surface area contributed by atoms with Gasteiger partial charge in [-0.25, -0.2) is 4.98 Å². The lowest BCUT2D eigenvalue weighted by Crippen LogP contribution is -2.13. The van der Waals surface area contributed by atoms with Crippen molar-refractivity contribution >= 4 is 29.2 Å². The molecule has 0 fully saturated rings. The summed E-state index contributed by atoms with van der Waals surface area (Å²) in [5.41, 5.74) is 13.2. The van der Waals surface area contributed by atoms with E-state index in [9.17, 15) is 14.9 Å². The largest absolute Gasteiger partial charge is 0.383 e. The van der Waals surface area contributed by atoms with E-state index in [0.29, 0.717) is 17.8 Å². The molecule has 112 valence electrons. The molecule has 1 atom stereocenters. The number of carbonyl (C=O) groups excluding carboxylic acids is 1. The predicted octanol–water partition coefficient (Wildman–Crippen LogP) is 2.06.